The Hall–Kier alpha value is -4.13. The number of benzene rings is 3. The molecule has 0 radical (unpaired) electrons. The Balaban J connectivity index is 1.68. The average molecular weight is 446 g/mol. The minimum atomic E-state index is -0.951. The van der Waals surface area contributed by atoms with Crippen LogP contribution in [0, 0.1) is 0 Å². The van der Waals surface area contributed by atoms with E-state index in [1.54, 1.807) is 0 Å². The van der Waals surface area contributed by atoms with Crippen LogP contribution in [0.5, 0.6) is 0 Å². The van der Waals surface area contributed by atoms with E-state index in [1.165, 1.54) is 0 Å². The van der Waals surface area contributed by atoms with Crippen LogP contribution in [0.25, 0.3) is 0 Å². The van der Waals surface area contributed by atoms with Crippen molar-refractivity contribution in [3.05, 3.63) is 108 Å². The zero-order valence-electron chi connectivity index (χ0n) is 18.1. The molecule has 170 valence electrons. The summed E-state index contributed by atoms with van der Waals surface area (Å²) in [5.41, 5.74) is 8.07. The number of rotatable bonds is 10. The molecule has 0 aromatic heterocycles. The minimum absolute atomic E-state index is 0.0737. The summed E-state index contributed by atoms with van der Waals surface area (Å²) in [7, 11) is 0. The first-order chi connectivity index (χ1) is 16.0. The number of alkyl carbamates (subject to hydrolysis) is 1. The van der Waals surface area contributed by atoms with E-state index in [2.05, 4.69) is 10.6 Å². The first-order valence-electron chi connectivity index (χ1n) is 10.7. The second-order valence-corrected chi connectivity index (χ2v) is 7.60. The van der Waals surface area contributed by atoms with E-state index in [0.717, 1.165) is 16.7 Å². The van der Waals surface area contributed by atoms with Crippen molar-refractivity contribution < 1.29 is 19.1 Å². The van der Waals surface area contributed by atoms with Gasteiger partial charge in [0.05, 0.1) is 0 Å². The van der Waals surface area contributed by atoms with Crippen molar-refractivity contribution in [1.82, 2.24) is 10.6 Å². The maximum atomic E-state index is 13.1. The van der Waals surface area contributed by atoms with E-state index >= 15 is 0 Å². The molecule has 0 aliphatic heterocycles. The molecule has 7 heteroatoms. The Morgan fingerprint density at radius 2 is 1.12 bits per heavy atom. The summed E-state index contributed by atoms with van der Waals surface area (Å²) < 4.78 is 5.27. The molecule has 0 spiro atoms. The predicted octanol–water partition coefficient (Wildman–Crippen LogP) is 2.74. The van der Waals surface area contributed by atoms with E-state index in [4.69, 9.17) is 10.5 Å². The molecule has 0 aliphatic carbocycles. The maximum Gasteiger partial charge on any atom is 0.408 e. The summed E-state index contributed by atoms with van der Waals surface area (Å²) >= 11 is 0. The molecule has 4 N–H and O–H groups in total. The molecule has 0 bridgehead atoms. The zero-order chi connectivity index (χ0) is 23.5. The molecule has 0 aliphatic rings. The smallest absolute Gasteiger partial charge is 0.408 e. The number of nitrogens with one attached hydrogen (secondary N) is 2. The van der Waals surface area contributed by atoms with Gasteiger partial charge < -0.3 is 21.1 Å². The molecule has 3 aromatic rings. The van der Waals surface area contributed by atoms with Gasteiger partial charge in [0.25, 0.3) is 0 Å². The second kappa shape index (κ2) is 12.0. The van der Waals surface area contributed by atoms with Gasteiger partial charge in [-0.25, -0.2) is 4.79 Å². The average Bonchev–Trinajstić information content (AvgIpc) is 2.84. The van der Waals surface area contributed by atoms with Crippen molar-refractivity contribution in [2.75, 3.05) is 0 Å². The van der Waals surface area contributed by atoms with Crippen LogP contribution in [-0.2, 0) is 33.8 Å². The third kappa shape index (κ3) is 7.81. The fourth-order valence-corrected chi connectivity index (χ4v) is 3.31. The van der Waals surface area contributed by atoms with Gasteiger partial charge in [0.1, 0.15) is 18.7 Å². The summed E-state index contributed by atoms with van der Waals surface area (Å²) in [6.45, 7) is 0.0737. The largest absolute Gasteiger partial charge is 0.445 e. The molecular formula is C26H27N3O4. The fraction of sp³-hybridized carbons (Fsp3) is 0.192. The highest BCUT2D eigenvalue weighted by Crippen LogP contribution is 2.08. The van der Waals surface area contributed by atoms with Crippen molar-refractivity contribution in [3.63, 3.8) is 0 Å². The van der Waals surface area contributed by atoms with E-state index in [-0.39, 0.29) is 19.4 Å². The first kappa shape index (κ1) is 23.5. The molecule has 3 amide bonds. The number of carbonyl (C=O) groups is 3. The van der Waals surface area contributed by atoms with Crippen LogP contribution < -0.4 is 16.4 Å². The second-order valence-electron chi connectivity index (χ2n) is 7.60. The van der Waals surface area contributed by atoms with Gasteiger partial charge in [-0.05, 0) is 16.7 Å². The molecule has 3 aromatic carbocycles. The summed E-state index contributed by atoms with van der Waals surface area (Å²) in [5, 5.41) is 5.30. The number of primary amides is 1. The van der Waals surface area contributed by atoms with Gasteiger partial charge in [-0.1, -0.05) is 91.0 Å². The maximum absolute atomic E-state index is 13.1. The highest BCUT2D eigenvalue weighted by Gasteiger charge is 2.26. The number of amides is 3. The summed E-state index contributed by atoms with van der Waals surface area (Å²) in [6.07, 6.45) is -0.254. The topological polar surface area (TPSA) is 111 Å². The van der Waals surface area contributed by atoms with Crippen molar-refractivity contribution in [1.29, 1.82) is 0 Å². The molecule has 3 rings (SSSR count). The molecular weight excluding hydrogens is 418 g/mol. The van der Waals surface area contributed by atoms with Crippen molar-refractivity contribution in [2.45, 2.75) is 31.5 Å². The van der Waals surface area contributed by atoms with Gasteiger partial charge >= 0.3 is 6.09 Å². The summed E-state index contributed by atoms with van der Waals surface area (Å²) in [5.74, 6) is -1.17. The van der Waals surface area contributed by atoms with Crippen LogP contribution in [-0.4, -0.2) is 30.0 Å². The lowest BCUT2D eigenvalue weighted by Crippen LogP contribution is -2.54. The van der Waals surface area contributed by atoms with Crippen LogP contribution in [0.2, 0.25) is 0 Å². The van der Waals surface area contributed by atoms with Crippen LogP contribution >= 0.6 is 0 Å². The van der Waals surface area contributed by atoms with E-state index in [0.29, 0.717) is 0 Å². The van der Waals surface area contributed by atoms with Crippen molar-refractivity contribution in [2.24, 2.45) is 5.73 Å². The summed E-state index contributed by atoms with van der Waals surface area (Å²) in [4.78, 5) is 37.5. The lowest BCUT2D eigenvalue weighted by Gasteiger charge is -2.22. The lowest BCUT2D eigenvalue weighted by atomic mass is 10.0. The monoisotopic (exact) mass is 445 g/mol. The van der Waals surface area contributed by atoms with Gasteiger partial charge in [0.15, 0.2) is 0 Å². The number of nitrogens with two attached hydrogens (primary N) is 1. The standard InChI is InChI=1S/C26H27N3O4/c27-24(30)22(16-19-10-4-1-5-11-19)28-25(31)23(17-20-12-6-2-7-13-20)29-26(32)33-18-21-14-8-3-9-15-21/h1-15,22-23H,16-18H2,(H2,27,30)(H,28,31)(H,29,32)/t22-,23-/m0/s1. The Bertz CT molecular complexity index is 1040. The van der Waals surface area contributed by atoms with Gasteiger partial charge in [-0.3, -0.25) is 9.59 Å². The number of hydrogen-bond acceptors (Lipinski definition) is 4. The Morgan fingerprint density at radius 1 is 0.667 bits per heavy atom. The van der Waals surface area contributed by atoms with Gasteiger partial charge in [0.2, 0.25) is 11.8 Å². The van der Waals surface area contributed by atoms with Crippen molar-refractivity contribution in [3.8, 4) is 0 Å². The van der Waals surface area contributed by atoms with E-state index in [9.17, 15) is 14.4 Å². The van der Waals surface area contributed by atoms with E-state index in [1.807, 2.05) is 91.0 Å². The molecule has 0 fully saturated rings. The quantitative estimate of drug-likeness (QED) is 0.446. The molecule has 0 heterocycles. The zero-order valence-corrected chi connectivity index (χ0v) is 18.1. The Morgan fingerprint density at radius 3 is 1.61 bits per heavy atom. The summed E-state index contributed by atoms with van der Waals surface area (Å²) in [6, 6.07) is 25.9. The molecule has 33 heavy (non-hydrogen) atoms. The molecule has 7 nitrogen and oxygen atoms in total. The van der Waals surface area contributed by atoms with Gasteiger partial charge in [-0.2, -0.15) is 0 Å². The third-order valence-corrected chi connectivity index (χ3v) is 5.05. The molecule has 0 unspecified atom stereocenters. The lowest BCUT2D eigenvalue weighted by molar-refractivity contribution is -0.128. The Kier molecular flexibility index (Phi) is 8.59. The highest BCUT2D eigenvalue weighted by atomic mass is 16.5. The van der Waals surface area contributed by atoms with Gasteiger partial charge in [-0.15, -0.1) is 0 Å². The number of carbonyl (C=O) groups excluding carboxylic acids is 3. The van der Waals surface area contributed by atoms with E-state index < -0.39 is 30.0 Å². The fourth-order valence-electron chi connectivity index (χ4n) is 3.31. The predicted molar refractivity (Wildman–Crippen MR) is 125 cm³/mol. The number of hydrogen-bond donors (Lipinski definition) is 3. The Labute approximate surface area is 193 Å². The first-order valence-corrected chi connectivity index (χ1v) is 10.7. The highest BCUT2D eigenvalue weighted by molar-refractivity contribution is 5.91. The molecule has 2 atom stereocenters. The SMILES string of the molecule is NC(=O)[C@H](Cc1ccccc1)NC(=O)[C@H](Cc1ccccc1)NC(=O)OCc1ccccc1. The number of ether oxygens (including phenoxy) is 1. The van der Waals surface area contributed by atoms with Crippen molar-refractivity contribution >= 4 is 17.9 Å². The van der Waals surface area contributed by atoms with Crippen LogP contribution in [0.15, 0.2) is 91.0 Å². The van der Waals surface area contributed by atoms with Crippen LogP contribution in [0.1, 0.15) is 16.7 Å². The molecule has 0 saturated heterocycles. The van der Waals surface area contributed by atoms with Crippen LogP contribution in [0.4, 0.5) is 4.79 Å². The van der Waals surface area contributed by atoms with Gasteiger partial charge in [0, 0.05) is 12.8 Å². The minimum Gasteiger partial charge on any atom is -0.445 e. The third-order valence-electron chi connectivity index (χ3n) is 5.05. The normalized spacial score (nSPS) is 12.2. The molecule has 0 saturated carbocycles. The van der Waals surface area contributed by atoms with Crippen LogP contribution in [0.3, 0.4) is 0 Å².